The van der Waals surface area contributed by atoms with Gasteiger partial charge >= 0.3 is 0 Å². The Morgan fingerprint density at radius 3 is 1.00 bits per heavy atom. The van der Waals surface area contributed by atoms with Crippen LogP contribution in [0.5, 0.6) is 0 Å². The molecule has 3 aromatic carbocycles. The van der Waals surface area contributed by atoms with Crippen LogP contribution in [0.25, 0.3) is 0 Å². The molecule has 0 atom stereocenters. The fraction of sp³-hybridized carbons (Fsp3) is 0. The normalized spacial score (nSPS) is 11.1. The summed E-state index contributed by atoms with van der Waals surface area (Å²) in [6.07, 6.45) is 0. The SMILES string of the molecule is Nc1cc([N+](=O)[O-])cc(P(=O)(c2cc(N)cc([N+](=O)[O-])c2)c2cc(N)cc([N+](=O)[O-])c2)c1. The summed E-state index contributed by atoms with van der Waals surface area (Å²) in [6.45, 7) is 0. The topological polar surface area (TPSA) is 225 Å². The van der Waals surface area contributed by atoms with Gasteiger partial charge in [-0.3, -0.25) is 30.3 Å². The largest absolute Gasteiger partial charge is 0.399 e. The van der Waals surface area contributed by atoms with Gasteiger partial charge in [-0.25, -0.2) is 0 Å². The van der Waals surface area contributed by atoms with Crippen molar-refractivity contribution in [3.63, 3.8) is 0 Å². The fourth-order valence-electron chi connectivity index (χ4n) is 3.16. The predicted octanol–water partition coefficient (Wildman–Crippen LogP) is 1.80. The highest BCUT2D eigenvalue weighted by atomic mass is 31.2. The molecule has 0 heterocycles. The lowest BCUT2D eigenvalue weighted by Crippen LogP contribution is -2.27. The molecular weight excluding hydrogens is 443 g/mol. The second-order valence-electron chi connectivity index (χ2n) is 6.73. The van der Waals surface area contributed by atoms with Crippen molar-refractivity contribution in [2.24, 2.45) is 0 Å². The molecule has 0 bridgehead atoms. The highest BCUT2D eigenvalue weighted by Gasteiger charge is 2.35. The van der Waals surface area contributed by atoms with Crippen LogP contribution < -0.4 is 33.1 Å². The van der Waals surface area contributed by atoms with Gasteiger partial charge in [-0.15, -0.1) is 0 Å². The average molecular weight is 458 g/mol. The van der Waals surface area contributed by atoms with Gasteiger partial charge in [-0.2, -0.15) is 0 Å². The molecule has 0 amide bonds. The van der Waals surface area contributed by atoms with Crippen molar-refractivity contribution < 1.29 is 19.3 Å². The average Bonchev–Trinajstić information content (AvgIpc) is 2.71. The van der Waals surface area contributed by atoms with Crippen LogP contribution in [0.4, 0.5) is 34.1 Å². The Bertz CT molecular complexity index is 1180. The third kappa shape index (κ3) is 4.04. The van der Waals surface area contributed by atoms with E-state index in [0.29, 0.717) is 0 Å². The predicted molar refractivity (Wildman–Crippen MR) is 119 cm³/mol. The van der Waals surface area contributed by atoms with Gasteiger partial charge in [0.05, 0.1) is 14.8 Å². The standard InChI is InChI=1S/C18H15N6O7P/c19-10-1-13(22(25)26)7-16(4-10)32(31,17-5-11(20)2-14(8-17)23(27)28)18-6-12(21)3-15(9-18)24(29)30/h1-9H,19-21H2. The Morgan fingerprint density at radius 1 is 0.531 bits per heavy atom. The second-order valence-corrected chi connectivity index (χ2v) is 9.50. The summed E-state index contributed by atoms with van der Waals surface area (Å²) in [4.78, 5) is 31.8. The van der Waals surface area contributed by atoms with Crippen LogP contribution in [0.2, 0.25) is 0 Å². The van der Waals surface area contributed by atoms with E-state index in [4.69, 9.17) is 17.2 Å². The van der Waals surface area contributed by atoms with Crippen molar-refractivity contribution in [2.75, 3.05) is 17.2 Å². The minimum atomic E-state index is -4.21. The fourth-order valence-corrected chi connectivity index (χ4v) is 5.99. The Balaban J connectivity index is 2.46. The lowest BCUT2D eigenvalue weighted by Gasteiger charge is -2.21. The zero-order chi connectivity index (χ0) is 23.8. The van der Waals surface area contributed by atoms with Crippen molar-refractivity contribution >= 4 is 57.2 Å². The van der Waals surface area contributed by atoms with Crippen molar-refractivity contribution in [3.05, 3.63) is 84.9 Å². The number of benzene rings is 3. The molecule has 0 saturated heterocycles. The highest BCUT2D eigenvalue weighted by Crippen LogP contribution is 2.45. The number of anilines is 3. The van der Waals surface area contributed by atoms with E-state index in [2.05, 4.69) is 0 Å². The van der Waals surface area contributed by atoms with Gasteiger partial charge in [0.25, 0.3) is 17.1 Å². The number of rotatable bonds is 6. The molecular formula is C18H15N6O7P. The molecule has 0 saturated carbocycles. The van der Waals surface area contributed by atoms with Crippen LogP contribution in [0.3, 0.4) is 0 Å². The molecule has 0 aliphatic heterocycles. The number of non-ortho nitro benzene ring substituents is 3. The van der Waals surface area contributed by atoms with Crippen molar-refractivity contribution in [1.29, 1.82) is 0 Å². The maximum Gasteiger partial charge on any atom is 0.272 e. The first kappa shape index (κ1) is 22.2. The van der Waals surface area contributed by atoms with E-state index in [1.807, 2.05) is 0 Å². The van der Waals surface area contributed by atoms with Crippen LogP contribution in [0, 0.1) is 30.3 Å². The first-order valence-corrected chi connectivity index (χ1v) is 10.4. The van der Waals surface area contributed by atoms with E-state index >= 15 is 0 Å². The van der Waals surface area contributed by atoms with Gasteiger partial charge in [0, 0.05) is 69.4 Å². The zero-order valence-electron chi connectivity index (χ0n) is 16.1. The minimum Gasteiger partial charge on any atom is -0.399 e. The summed E-state index contributed by atoms with van der Waals surface area (Å²) in [5.41, 5.74) is 15.5. The number of nitrogens with two attached hydrogens (primary N) is 3. The van der Waals surface area contributed by atoms with E-state index in [-0.39, 0.29) is 33.0 Å². The molecule has 0 unspecified atom stereocenters. The maximum atomic E-state index is 14.6. The number of nitro groups is 3. The van der Waals surface area contributed by atoms with E-state index in [0.717, 1.165) is 36.4 Å². The monoisotopic (exact) mass is 458 g/mol. The lowest BCUT2D eigenvalue weighted by molar-refractivity contribution is -0.384. The third-order valence-corrected chi connectivity index (χ3v) is 7.45. The Morgan fingerprint density at radius 2 is 0.781 bits per heavy atom. The second kappa shape index (κ2) is 7.96. The first-order valence-electron chi connectivity index (χ1n) is 8.68. The molecule has 0 spiro atoms. The van der Waals surface area contributed by atoms with Crippen LogP contribution >= 0.6 is 7.14 Å². The molecule has 0 fully saturated rings. The van der Waals surface area contributed by atoms with Gasteiger partial charge < -0.3 is 21.8 Å². The number of hydrogen-bond acceptors (Lipinski definition) is 10. The maximum absolute atomic E-state index is 14.6. The van der Waals surface area contributed by atoms with E-state index in [9.17, 15) is 34.9 Å². The number of nitrogen functional groups attached to an aromatic ring is 3. The van der Waals surface area contributed by atoms with Crippen LogP contribution in [0.1, 0.15) is 0 Å². The zero-order valence-corrected chi connectivity index (χ0v) is 17.0. The van der Waals surface area contributed by atoms with Gasteiger partial charge in [0.15, 0.2) is 7.14 Å². The van der Waals surface area contributed by atoms with Crippen molar-refractivity contribution in [1.82, 2.24) is 0 Å². The molecule has 3 aromatic rings. The Kier molecular flexibility index (Phi) is 5.52. The molecule has 6 N–H and O–H groups in total. The Labute approximate surface area is 179 Å². The lowest BCUT2D eigenvalue weighted by atomic mass is 10.3. The van der Waals surface area contributed by atoms with Crippen molar-refractivity contribution in [2.45, 2.75) is 0 Å². The summed E-state index contributed by atoms with van der Waals surface area (Å²) in [5.74, 6) is 0. The molecule has 14 heteroatoms. The quantitative estimate of drug-likeness (QED) is 0.210. The Hall–Kier alpha value is -4.51. The molecule has 0 radical (unpaired) electrons. The third-order valence-electron chi connectivity index (χ3n) is 4.50. The smallest absolute Gasteiger partial charge is 0.272 e. The molecule has 0 aliphatic rings. The molecule has 0 aromatic heterocycles. The molecule has 164 valence electrons. The van der Waals surface area contributed by atoms with Crippen LogP contribution in [-0.2, 0) is 4.57 Å². The van der Waals surface area contributed by atoms with E-state index in [1.54, 1.807) is 0 Å². The van der Waals surface area contributed by atoms with Crippen molar-refractivity contribution in [3.8, 4) is 0 Å². The minimum absolute atomic E-state index is 0.105. The summed E-state index contributed by atoms with van der Waals surface area (Å²) >= 11 is 0. The number of nitrogens with zero attached hydrogens (tertiary/aromatic N) is 3. The summed E-state index contributed by atoms with van der Waals surface area (Å²) in [5, 5.41) is 33.5. The summed E-state index contributed by atoms with van der Waals surface area (Å²) in [7, 11) is -4.21. The van der Waals surface area contributed by atoms with E-state index in [1.165, 1.54) is 18.2 Å². The molecule has 0 aliphatic carbocycles. The molecule has 3 rings (SSSR count). The van der Waals surface area contributed by atoms with Gasteiger partial charge in [-0.1, -0.05) is 0 Å². The van der Waals surface area contributed by atoms with Gasteiger partial charge in [-0.05, 0) is 18.2 Å². The van der Waals surface area contributed by atoms with Crippen LogP contribution in [0.15, 0.2) is 54.6 Å². The van der Waals surface area contributed by atoms with Crippen LogP contribution in [-0.4, -0.2) is 14.8 Å². The number of nitro benzene ring substituents is 3. The van der Waals surface area contributed by atoms with Gasteiger partial charge in [0.2, 0.25) is 0 Å². The highest BCUT2D eigenvalue weighted by molar-refractivity contribution is 7.85. The first-order chi connectivity index (χ1) is 14.9. The summed E-state index contributed by atoms with van der Waals surface area (Å²) in [6, 6.07) is 9.66. The number of hydrogen-bond donors (Lipinski definition) is 3. The molecule has 13 nitrogen and oxygen atoms in total. The van der Waals surface area contributed by atoms with Gasteiger partial charge in [0.1, 0.15) is 0 Å². The van der Waals surface area contributed by atoms with E-state index < -0.39 is 39.0 Å². The molecule has 32 heavy (non-hydrogen) atoms. The summed E-state index contributed by atoms with van der Waals surface area (Å²) < 4.78 is 14.6.